The Morgan fingerprint density at radius 2 is 0.700 bits per heavy atom. The van der Waals surface area contributed by atoms with Crippen LogP contribution in [0.25, 0.3) is 0 Å². The van der Waals surface area contributed by atoms with Crippen LogP contribution in [0.3, 0.4) is 0 Å². The Morgan fingerprint density at radius 3 is 0.750 bits per heavy atom. The van der Waals surface area contributed by atoms with Crippen molar-refractivity contribution in [3.63, 3.8) is 0 Å². The van der Waals surface area contributed by atoms with E-state index in [2.05, 4.69) is 41.5 Å². The summed E-state index contributed by atoms with van der Waals surface area (Å²) in [4.78, 5) is 0. The normalized spacial score (nSPS) is 8.10. The van der Waals surface area contributed by atoms with Gasteiger partial charge in [0.2, 0.25) is 0 Å². The van der Waals surface area contributed by atoms with Gasteiger partial charge >= 0.3 is 21.7 Å². The number of unbranched alkanes of at least 4 members (excludes halogenated alkanes) is 9. The van der Waals surface area contributed by atoms with E-state index in [0.717, 1.165) is 19.3 Å². The van der Waals surface area contributed by atoms with Gasteiger partial charge in [0, 0.05) is 0 Å². The molecule has 0 rings (SSSR count). The Kier molecular flexibility index (Phi) is 69.6. The van der Waals surface area contributed by atoms with Crippen molar-refractivity contribution in [1.29, 1.82) is 0 Å². The van der Waals surface area contributed by atoms with E-state index in [1.165, 1.54) is 57.8 Å². The van der Waals surface area contributed by atoms with E-state index < -0.39 is 0 Å². The number of hydrogen-bond donors (Lipinski definition) is 0. The Hall–Kier alpha value is 0.674. The van der Waals surface area contributed by atoms with Crippen molar-refractivity contribution in [2.24, 2.45) is 0 Å². The summed E-state index contributed by atoms with van der Waals surface area (Å²) in [7, 11) is 0. The van der Waals surface area contributed by atoms with E-state index in [-0.39, 0.29) is 27.2 Å². The van der Waals surface area contributed by atoms with E-state index in [0.29, 0.717) is 0 Å². The average molecular weight is 320 g/mol. The Balaban J connectivity index is -0.0000000536. The number of rotatable bonds is 9. The third-order valence-corrected chi connectivity index (χ3v) is 2.56. The molecule has 0 aromatic carbocycles. The molecule has 1 nitrogen and oxygen atoms in total. The fourth-order valence-corrected chi connectivity index (χ4v) is 1.28. The van der Waals surface area contributed by atoms with Crippen molar-refractivity contribution in [3.8, 4) is 0 Å². The first-order chi connectivity index (χ1) is 8.74. The first kappa shape index (κ1) is 32.6. The van der Waals surface area contributed by atoms with Crippen molar-refractivity contribution in [1.82, 2.24) is 0 Å². The molecular formula is C18H40OTi. The van der Waals surface area contributed by atoms with E-state index in [9.17, 15) is 0 Å². The van der Waals surface area contributed by atoms with Crippen molar-refractivity contribution in [2.75, 3.05) is 0 Å². The second kappa shape index (κ2) is 42.7. The van der Waals surface area contributed by atoms with Crippen LogP contribution in [0.1, 0.15) is 97.8 Å². The van der Waals surface area contributed by atoms with Gasteiger partial charge in [-0.25, -0.2) is 0 Å². The molecule has 0 aromatic rings. The first-order valence-corrected chi connectivity index (χ1v) is 8.12. The minimum absolute atomic E-state index is 0. The summed E-state index contributed by atoms with van der Waals surface area (Å²) in [6.07, 6.45) is 15.2. The Morgan fingerprint density at radius 1 is 0.500 bits per heavy atom. The van der Waals surface area contributed by atoms with Crippen LogP contribution in [0.4, 0.5) is 0 Å². The van der Waals surface area contributed by atoms with Crippen molar-refractivity contribution in [3.05, 3.63) is 20.8 Å². The summed E-state index contributed by atoms with van der Waals surface area (Å²) in [5.74, 6) is 0. The fourth-order valence-electron chi connectivity index (χ4n) is 1.28. The van der Waals surface area contributed by atoms with Crippen LogP contribution < -0.4 is 0 Å². The zero-order valence-electron chi connectivity index (χ0n) is 14.6. The molecule has 0 saturated heterocycles. The molecule has 0 unspecified atom stereocenters. The SMILES string of the molecule is [CH2-]CCCCC.[CH2-]CCCCC.[CH2-]CCCCC.[OH-].[Ti+4]. The van der Waals surface area contributed by atoms with Gasteiger partial charge in [0.1, 0.15) is 0 Å². The van der Waals surface area contributed by atoms with Crippen LogP contribution >= 0.6 is 0 Å². The van der Waals surface area contributed by atoms with Crippen LogP contribution in [0.2, 0.25) is 0 Å². The molecule has 0 aliphatic heterocycles. The van der Waals surface area contributed by atoms with Crippen LogP contribution in [0, 0.1) is 20.8 Å². The molecule has 0 aliphatic carbocycles. The van der Waals surface area contributed by atoms with Crippen molar-refractivity contribution >= 4 is 0 Å². The number of hydrogen-bond acceptors (Lipinski definition) is 1. The molecule has 0 spiro atoms. The van der Waals surface area contributed by atoms with Gasteiger partial charge in [-0.15, -0.1) is 0 Å². The standard InChI is InChI=1S/3C6H13.H2O.Ti/c3*1-3-5-6-4-2;;/h3*1,3-6H2,2H3;1H2;/q3*-1;;+4/p-1. The monoisotopic (exact) mass is 320 g/mol. The molecule has 0 saturated carbocycles. The Labute approximate surface area is 145 Å². The van der Waals surface area contributed by atoms with Gasteiger partial charge in [0.25, 0.3) is 0 Å². The van der Waals surface area contributed by atoms with Gasteiger partial charge in [0.15, 0.2) is 0 Å². The predicted octanol–water partition coefficient (Wildman–Crippen LogP) is 7.02. The van der Waals surface area contributed by atoms with Gasteiger partial charge in [0.05, 0.1) is 0 Å². The molecule has 2 heteroatoms. The summed E-state index contributed by atoms with van der Waals surface area (Å²) in [6.45, 7) is 17.8. The molecule has 0 atom stereocenters. The van der Waals surface area contributed by atoms with Crippen LogP contribution in [0.15, 0.2) is 0 Å². The second-order valence-corrected chi connectivity index (χ2v) is 4.68. The summed E-state index contributed by atoms with van der Waals surface area (Å²) in [5.41, 5.74) is 0. The van der Waals surface area contributed by atoms with Gasteiger partial charge < -0.3 is 26.2 Å². The van der Waals surface area contributed by atoms with E-state index in [4.69, 9.17) is 0 Å². The molecule has 0 aromatic heterocycles. The summed E-state index contributed by atoms with van der Waals surface area (Å²) < 4.78 is 0. The maximum absolute atomic E-state index is 3.72. The van der Waals surface area contributed by atoms with Gasteiger partial charge in [-0.2, -0.15) is 19.3 Å². The molecule has 0 heterocycles. The van der Waals surface area contributed by atoms with Crippen molar-refractivity contribution < 1.29 is 27.2 Å². The largest absolute Gasteiger partial charge is 4.00 e. The Bertz CT molecular complexity index is 66.4. The van der Waals surface area contributed by atoms with Gasteiger partial charge in [-0.05, 0) is 0 Å². The quantitative estimate of drug-likeness (QED) is 0.255. The third-order valence-electron chi connectivity index (χ3n) is 2.56. The molecule has 0 fully saturated rings. The zero-order chi connectivity index (χ0) is 14.5. The molecular weight excluding hydrogens is 280 g/mol. The summed E-state index contributed by atoms with van der Waals surface area (Å²) in [6, 6.07) is 0. The molecule has 20 heavy (non-hydrogen) atoms. The predicted molar refractivity (Wildman–Crippen MR) is 90.4 cm³/mol. The molecule has 122 valence electrons. The van der Waals surface area contributed by atoms with Crippen LogP contribution in [-0.4, -0.2) is 5.48 Å². The molecule has 0 bridgehead atoms. The summed E-state index contributed by atoms with van der Waals surface area (Å²) >= 11 is 0. The van der Waals surface area contributed by atoms with Crippen LogP contribution in [0.5, 0.6) is 0 Å². The van der Waals surface area contributed by atoms with E-state index in [1.807, 2.05) is 0 Å². The first-order valence-electron chi connectivity index (χ1n) is 8.12. The second-order valence-electron chi connectivity index (χ2n) is 4.68. The zero-order valence-corrected chi connectivity index (χ0v) is 16.1. The third kappa shape index (κ3) is 62.3. The van der Waals surface area contributed by atoms with Crippen molar-refractivity contribution in [2.45, 2.75) is 97.8 Å². The van der Waals surface area contributed by atoms with Gasteiger partial charge in [-0.1, -0.05) is 78.6 Å². The maximum Gasteiger partial charge on any atom is 4.00 e. The van der Waals surface area contributed by atoms with E-state index >= 15 is 0 Å². The fraction of sp³-hybridized carbons (Fsp3) is 0.833. The molecule has 0 radical (unpaired) electrons. The molecule has 1 N–H and O–H groups in total. The minimum Gasteiger partial charge on any atom is -0.870 e. The smallest absolute Gasteiger partial charge is 0.870 e. The van der Waals surface area contributed by atoms with Gasteiger partial charge in [-0.3, -0.25) is 0 Å². The molecule has 0 amide bonds. The summed E-state index contributed by atoms with van der Waals surface area (Å²) in [5, 5.41) is 0. The minimum atomic E-state index is 0. The maximum atomic E-state index is 3.72. The van der Waals surface area contributed by atoms with E-state index in [1.54, 1.807) is 0 Å². The van der Waals surface area contributed by atoms with Crippen LogP contribution in [-0.2, 0) is 21.7 Å². The molecule has 0 aliphatic rings. The topological polar surface area (TPSA) is 30.0 Å². The average Bonchev–Trinajstić information content (AvgIpc) is 2.42.